The monoisotopic (exact) mass is 548 g/mol. The Balaban J connectivity index is -0.000000422. The zero-order valence-electron chi connectivity index (χ0n) is 17.1. The zero-order chi connectivity index (χ0) is 26.5. The zero-order valence-corrected chi connectivity index (χ0v) is 19.2. The third-order valence-corrected chi connectivity index (χ3v) is 11.7. The van der Waals surface area contributed by atoms with Gasteiger partial charge in [-0.05, 0) is 20.8 Å². The van der Waals surface area contributed by atoms with Crippen molar-refractivity contribution in [1.29, 1.82) is 0 Å². The summed E-state index contributed by atoms with van der Waals surface area (Å²) in [6.07, 6.45) is 5.06. The van der Waals surface area contributed by atoms with Crippen LogP contribution in [0.1, 0.15) is 20.8 Å². The Labute approximate surface area is 179 Å². The molecule has 0 spiro atoms. The minimum absolute atomic E-state index is 0.0694. The Morgan fingerprint density at radius 2 is 0.531 bits per heavy atom. The van der Waals surface area contributed by atoms with Crippen molar-refractivity contribution < 1.29 is 78.6 Å². The molecule has 0 unspecified atom stereocenters. The van der Waals surface area contributed by atoms with Crippen LogP contribution in [0, 0.1) is 17.8 Å². The van der Waals surface area contributed by atoms with Crippen LogP contribution in [0.3, 0.4) is 0 Å². The molecule has 12 nitrogen and oxygen atoms in total. The molecule has 0 aromatic heterocycles. The number of hydrogen-bond donors (Lipinski definition) is 0. The maximum atomic E-state index is 10.5. The normalized spacial score (nSPS) is 14.7. The van der Waals surface area contributed by atoms with Gasteiger partial charge in [0.1, 0.15) is 0 Å². The van der Waals surface area contributed by atoms with E-state index in [-0.39, 0.29) is 5.41 Å². The van der Waals surface area contributed by atoms with Gasteiger partial charge in [-0.3, -0.25) is 0 Å². The minimum atomic E-state index is -5.95. The fourth-order valence-corrected chi connectivity index (χ4v) is 2.29. The molecular formula is C18H22Co2O12. The summed E-state index contributed by atoms with van der Waals surface area (Å²) in [4.78, 5) is 126. The quantitative estimate of drug-likeness (QED) is 0.199. The van der Waals surface area contributed by atoms with Crippen LogP contribution in [0.2, 0.25) is 0 Å². The first-order chi connectivity index (χ1) is 14.5. The summed E-state index contributed by atoms with van der Waals surface area (Å²) < 4.78 is 0. The van der Waals surface area contributed by atoms with Crippen molar-refractivity contribution in [2.24, 2.45) is 5.41 Å². The predicted molar refractivity (Wildman–Crippen MR) is 109 cm³/mol. The molecule has 0 rings (SSSR count). The van der Waals surface area contributed by atoms with Gasteiger partial charge in [-0.15, -0.1) is 12.3 Å². The molecule has 0 saturated carbocycles. The average Bonchev–Trinajstić information content (AvgIpc) is 2.87. The second-order valence-corrected chi connectivity index (χ2v) is 20.0. The summed E-state index contributed by atoms with van der Waals surface area (Å²) in [6.45, 7) is 6.02. The van der Waals surface area contributed by atoms with E-state index in [1.54, 1.807) is 0 Å². The molecule has 0 bridgehead atoms. The van der Waals surface area contributed by atoms with E-state index in [0.717, 1.165) is 0 Å². The molecule has 0 N–H and O–H groups in total. The standard InChI is InChI=1S/C6H10.12CHO.2Co/c1-5-6(2,3)4;12*1-2;;/h1H,2-4H3;12*1H;;. The van der Waals surface area contributed by atoms with Crippen LogP contribution >= 0.6 is 0 Å². The van der Waals surface area contributed by atoms with Crippen LogP contribution in [0.4, 0.5) is 0 Å². The van der Waals surface area contributed by atoms with E-state index in [2.05, 4.69) is 5.92 Å². The summed E-state index contributed by atoms with van der Waals surface area (Å²) >= 11 is 0. The summed E-state index contributed by atoms with van der Waals surface area (Å²) in [5, 5.41) is -5.37. The molecule has 0 aromatic carbocycles. The van der Waals surface area contributed by atoms with Crippen LogP contribution < -0.4 is 0 Å². The van der Waals surface area contributed by atoms with E-state index in [1.165, 1.54) is 0 Å². The molecule has 0 saturated heterocycles. The number of hydrogen-bond acceptors (Lipinski definition) is 12. The van der Waals surface area contributed by atoms with Gasteiger partial charge in [0.2, 0.25) is 0 Å². The Morgan fingerprint density at radius 3 is 0.531 bits per heavy atom. The fourth-order valence-electron chi connectivity index (χ4n) is 0.556. The number of carbonyl (C=O) groups excluding carboxylic acids is 12. The Bertz CT molecular complexity index is 701. The maximum absolute atomic E-state index is 10.5. The number of carbonyl (C=O) groups is 12. The van der Waals surface area contributed by atoms with Crippen LogP contribution in [0.5, 0.6) is 0 Å². The average molecular weight is 548 g/mol. The van der Waals surface area contributed by atoms with Gasteiger partial charge in [-0.2, -0.15) is 0 Å². The van der Waals surface area contributed by atoms with E-state index in [0.29, 0.717) is 0 Å². The molecule has 0 aromatic rings. The Morgan fingerprint density at radius 1 is 0.438 bits per heavy atom. The second-order valence-electron chi connectivity index (χ2n) is 6.67. The molecule has 0 atom stereocenters. The molecule has 0 aliphatic heterocycles. The van der Waals surface area contributed by atoms with E-state index in [1.807, 2.05) is 20.8 Å². The van der Waals surface area contributed by atoms with Crippen molar-refractivity contribution in [2.75, 3.05) is 0 Å². The van der Waals surface area contributed by atoms with Gasteiger partial charge in [0.25, 0.3) is 0 Å². The second kappa shape index (κ2) is 9.40. The summed E-state index contributed by atoms with van der Waals surface area (Å²) in [7, 11) is -11.9. The molecule has 0 amide bonds. The van der Waals surface area contributed by atoms with E-state index < -0.39 is 83.7 Å². The predicted octanol–water partition coefficient (Wildman–Crippen LogP) is -1.63. The first-order valence-electron chi connectivity index (χ1n) is 7.18. The van der Waals surface area contributed by atoms with Crippen LogP contribution in [-0.2, 0) is 78.6 Å². The van der Waals surface area contributed by atoms with Gasteiger partial charge in [-0.1, -0.05) is 0 Å². The van der Waals surface area contributed by atoms with Crippen molar-refractivity contribution >= 4 is 62.6 Å². The third kappa shape index (κ3) is 4.91. The SMILES string of the molecule is C#CC(C)(C)C.O=[CH][Co]([CH]=O)([CH]=O)([CH]=O)([CH]=O)[CH]=O.O=[CH][Co]([CH]=O)([CH]=O)([CH]=O)([CH]=O)[CH]=O. The summed E-state index contributed by atoms with van der Waals surface area (Å²) in [6, 6.07) is 0. The topological polar surface area (TPSA) is 205 Å². The molecule has 14 heteroatoms. The Hall–Kier alpha value is -3.39. The molecule has 0 radical (unpaired) electrons. The first kappa shape index (κ1) is 33.3. The number of terminal acetylenes is 1. The fraction of sp³-hybridized carbons (Fsp3) is 0.222. The van der Waals surface area contributed by atoms with Gasteiger partial charge >= 0.3 is 141 Å². The molecule has 184 valence electrons. The molecule has 32 heavy (non-hydrogen) atoms. The molecule has 0 aliphatic carbocycles. The van der Waals surface area contributed by atoms with Crippen molar-refractivity contribution in [3.05, 3.63) is 0 Å². The molecular weight excluding hydrogens is 526 g/mol. The van der Waals surface area contributed by atoms with E-state index >= 15 is 0 Å². The van der Waals surface area contributed by atoms with Gasteiger partial charge in [0.15, 0.2) is 0 Å². The van der Waals surface area contributed by atoms with Crippen molar-refractivity contribution in [3.8, 4) is 12.3 Å². The van der Waals surface area contributed by atoms with Crippen molar-refractivity contribution in [2.45, 2.75) is 20.8 Å². The third-order valence-electron chi connectivity index (χ3n) is 3.15. The van der Waals surface area contributed by atoms with Gasteiger partial charge in [0.05, 0.1) is 0 Å². The van der Waals surface area contributed by atoms with Crippen LogP contribution in [0.15, 0.2) is 0 Å². The summed E-state index contributed by atoms with van der Waals surface area (Å²) in [5.41, 5.74) is 0.0694. The van der Waals surface area contributed by atoms with Gasteiger partial charge in [-0.25, -0.2) is 0 Å². The van der Waals surface area contributed by atoms with Gasteiger partial charge < -0.3 is 0 Å². The van der Waals surface area contributed by atoms with Crippen molar-refractivity contribution in [3.63, 3.8) is 0 Å². The Kier molecular flexibility index (Phi) is 9.77. The van der Waals surface area contributed by atoms with Crippen molar-refractivity contribution in [1.82, 2.24) is 0 Å². The molecule has 0 heterocycles. The number of rotatable bonds is 12. The first-order valence-corrected chi connectivity index (χ1v) is 14.4. The van der Waals surface area contributed by atoms with Crippen LogP contribution in [-0.4, -0.2) is 62.6 Å². The van der Waals surface area contributed by atoms with Crippen LogP contribution in [0.25, 0.3) is 0 Å². The summed E-state index contributed by atoms with van der Waals surface area (Å²) in [5.74, 6) is 2.60. The molecule has 0 fully saturated rings. The van der Waals surface area contributed by atoms with E-state index in [9.17, 15) is 57.5 Å². The van der Waals surface area contributed by atoms with E-state index in [4.69, 9.17) is 6.42 Å². The van der Waals surface area contributed by atoms with Gasteiger partial charge in [0, 0.05) is 5.41 Å². The molecule has 0 aliphatic rings.